The number of halogens is 1. The quantitative estimate of drug-likeness (QED) is 0.520. The van der Waals surface area contributed by atoms with Gasteiger partial charge in [-0.3, -0.25) is 0 Å². The maximum atomic E-state index is 11.6. The van der Waals surface area contributed by atoms with E-state index in [0.717, 1.165) is 6.42 Å². The average Bonchev–Trinajstić information content (AvgIpc) is 2.47. The van der Waals surface area contributed by atoms with Crippen LogP contribution in [0, 0.1) is 3.57 Å². The van der Waals surface area contributed by atoms with Crippen molar-refractivity contribution in [2.24, 2.45) is 0 Å². The van der Waals surface area contributed by atoms with Crippen LogP contribution in [0.1, 0.15) is 31.9 Å². The van der Waals surface area contributed by atoms with Crippen molar-refractivity contribution in [2.45, 2.75) is 32.8 Å². The van der Waals surface area contributed by atoms with Crippen LogP contribution < -0.4 is 4.74 Å². The number of benzene rings is 2. The van der Waals surface area contributed by atoms with E-state index in [-0.39, 0.29) is 12.6 Å². The van der Waals surface area contributed by atoms with E-state index in [4.69, 9.17) is 9.47 Å². The molecule has 0 spiro atoms. The lowest BCUT2D eigenvalue weighted by atomic mass is 10.1. The molecule has 0 unspecified atom stereocenters. The van der Waals surface area contributed by atoms with Crippen molar-refractivity contribution in [1.82, 2.24) is 0 Å². The minimum atomic E-state index is -0.488. The summed E-state index contributed by atoms with van der Waals surface area (Å²) in [6, 6.07) is 16.3. The second-order valence-electron chi connectivity index (χ2n) is 6.32. The summed E-state index contributed by atoms with van der Waals surface area (Å²) in [5.74, 6) is 0.308. The number of carbonyl (C=O) groups is 1. The molecule has 2 rings (SSSR count). The molecule has 0 aliphatic heterocycles. The molecule has 0 atom stereocenters. The van der Waals surface area contributed by atoms with E-state index in [0.29, 0.717) is 5.75 Å². The number of hydrogen-bond donors (Lipinski definition) is 0. The normalized spacial score (nSPS) is 11.1. The highest BCUT2D eigenvalue weighted by Crippen LogP contribution is 2.16. The smallest absolute Gasteiger partial charge is 0.344 e. The third-order valence-corrected chi connectivity index (χ3v) is 3.74. The molecule has 122 valence electrons. The standard InChI is InChI=1S/C19H21IO3/c1-19(2,3)23-18(21)13-22-17-10-6-15(7-11-17)12-14-4-8-16(20)9-5-14/h4-11H,12-13H2,1-3H3. The Hall–Kier alpha value is -1.56. The molecular weight excluding hydrogens is 403 g/mol. The van der Waals surface area contributed by atoms with Gasteiger partial charge in [0.2, 0.25) is 0 Å². The lowest BCUT2D eigenvalue weighted by Crippen LogP contribution is -2.27. The van der Waals surface area contributed by atoms with E-state index in [1.165, 1.54) is 14.7 Å². The van der Waals surface area contributed by atoms with E-state index in [9.17, 15) is 4.79 Å². The van der Waals surface area contributed by atoms with E-state index < -0.39 is 5.60 Å². The molecule has 0 saturated heterocycles. The third kappa shape index (κ3) is 6.60. The Bertz CT molecular complexity index is 640. The van der Waals surface area contributed by atoms with E-state index in [2.05, 4.69) is 46.9 Å². The predicted octanol–water partition coefficient (Wildman–Crippen LogP) is 4.60. The summed E-state index contributed by atoms with van der Waals surface area (Å²) in [5.41, 5.74) is 1.99. The molecule has 0 radical (unpaired) electrons. The molecule has 2 aromatic rings. The summed E-state index contributed by atoms with van der Waals surface area (Å²) in [7, 11) is 0. The number of ether oxygens (including phenoxy) is 2. The minimum Gasteiger partial charge on any atom is -0.482 e. The highest BCUT2D eigenvalue weighted by Gasteiger charge is 2.16. The molecule has 0 bridgehead atoms. The van der Waals surface area contributed by atoms with Gasteiger partial charge in [0.05, 0.1) is 0 Å². The first kappa shape index (κ1) is 17.8. The van der Waals surface area contributed by atoms with Crippen LogP contribution in [0.2, 0.25) is 0 Å². The van der Waals surface area contributed by atoms with Gasteiger partial charge >= 0.3 is 5.97 Å². The molecule has 3 nitrogen and oxygen atoms in total. The van der Waals surface area contributed by atoms with Crippen LogP contribution in [0.3, 0.4) is 0 Å². The van der Waals surface area contributed by atoms with Gasteiger partial charge < -0.3 is 9.47 Å². The average molecular weight is 424 g/mol. The first-order valence-corrected chi connectivity index (χ1v) is 8.58. The zero-order valence-corrected chi connectivity index (χ0v) is 15.8. The molecule has 0 saturated carbocycles. The highest BCUT2D eigenvalue weighted by atomic mass is 127. The summed E-state index contributed by atoms with van der Waals surface area (Å²) in [6.45, 7) is 5.44. The summed E-state index contributed by atoms with van der Waals surface area (Å²) in [5, 5.41) is 0. The fraction of sp³-hybridized carbons (Fsp3) is 0.316. The van der Waals surface area contributed by atoms with E-state index in [1.54, 1.807) is 0 Å². The van der Waals surface area contributed by atoms with Gasteiger partial charge in [0.15, 0.2) is 6.61 Å². The third-order valence-electron chi connectivity index (χ3n) is 3.02. The van der Waals surface area contributed by atoms with Crippen molar-refractivity contribution in [1.29, 1.82) is 0 Å². The van der Waals surface area contributed by atoms with Gasteiger partial charge in [-0.15, -0.1) is 0 Å². The maximum absolute atomic E-state index is 11.6. The van der Waals surface area contributed by atoms with Gasteiger partial charge in [-0.2, -0.15) is 0 Å². The van der Waals surface area contributed by atoms with Gasteiger partial charge in [-0.1, -0.05) is 24.3 Å². The fourth-order valence-corrected chi connectivity index (χ4v) is 2.41. The Balaban J connectivity index is 1.87. The molecule has 23 heavy (non-hydrogen) atoms. The lowest BCUT2D eigenvalue weighted by molar-refractivity contribution is -0.157. The SMILES string of the molecule is CC(C)(C)OC(=O)COc1ccc(Cc2ccc(I)cc2)cc1. The van der Waals surface area contributed by atoms with Crippen molar-refractivity contribution >= 4 is 28.6 Å². The largest absolute Gasteiger partial charge is 0.482 e. The second kappa shape index (κ2) is 7.81. The topological polar surface area (TPSA) is 35.5 Å². The molecule has 0 heterocycles. The molecule has 0 fully saturated rings. The van der Waals surface area contributed by atoms with Crippen molar-refractivity contribution in [3.05, 3.63) is 63.2 Å². The van der Waals surface area contributed by atoms with Crippen LogP contribution in [0.5, 0.6) is 5.75 Å². The molecule has 0 amide bonds. The summed E-state index contributed by atoms with van der Waals surface area (Å²) in [6.07, 6.45) is 0.878. The number of hydrogen-bond acceptors (Lipinski definition) is 3. The number of carbonyl (C=O) groups excluding carboxylic acids is 1. The Labute approximate surface area is 151 Å². The van der Waals surface area contributed by atoms with Gasteiger partial charge in [-0.05, 0) is 85.2 Å². The van der Waals surface area contributed by atoms with Crippen LogP contribution in [0.15, 0.2) is 48.5 Å². The van der Waals surface area contributed by atoms with Crippen molar-refractivity contribution in [3.63, 3.8) is 0 Å². The van der Waals surface area contributed by atoms with Crippen LogP contribution in [-0.2, 0) is 16.0 Å². The van der Waals surface area contributed by atoms with Gasteiger partial charge in [-0.25, -0.2) is 4.79 Å². The van der Waals surface area contributed by atoms with Crippen molar-refractivity contribution in [2.75, 3.05) is 6.61 Å². The molecular formula is C19H21IO3. The Morgan fingerprint density at radius 1 is 0.957 bits per heavy atom. The molecule has 0 aliphatic carbocycles. The number of esters is 1. The monoisotopic (exact) mass is 424 g/mol. The first-order valence-electron chi connectivity index (χ1n) is 7.50. The van der Waals surface area contributed by atoms with Crippen LogP contribution in [0.4, 0.5) is 0 Å². The van der Waals surface area contributed by atoms with Crippen molar-refractivity contribution in [3.8, 4) is 5.75 Å². The van der Waals surface area contributed by atoms with Gasteiger partial charge in [0.1, 0.15) is 11.4 Å². The molecule has 2 aromatic carbocycles. The van der Waals surface area contributed by atoms with Crippen LogP contribution >= 0.6 is 22.6 Å². The Morgan fingerprint density at radius 2 is 1.48 bits per heavy atom. The zero-order chi connectivity index (χ0) is 16.9. The van der Waals surface area contributed by atoms with Gasteiger partial charge in [0, 0.05) is 3.57 Å². The summed E-state index contributed by atoms with van der Waals surface area (Å²) < 4.78 is 11.9. The zero-order valence-electron chi connectivity index (χ0n) is 13.6. The predicted molar refractivity (Wildman–Crippen MR) is 99.7 cm³/mol. The maximum Gasteiger partial charge on any atom is 0.344 e. The summed E-state index contributed by atoms with van der Waals surface area (Å²) >= 11 is 2.30. The Morgan fingerprint density at radius 3 is 2.00 bits per heavy atom. The molecule has 0 aromatic heterocycles. The van der Waals surface area contributed by atoms with E-state index >= 15 is 0 Å². The Kier molecular flexibility index (Phi) is 6.04. The molecule has 0 aliphatic rings. The molecule has 4 heteroatoms. The molecule has 0 N–H and O–H groups in total. The minimum absolute atomic E-state index is 0.0757. The fourth-order valence-electron chi connectivity index (χ4n) is 2.05. The van der Waals surface area contributed by atoms with Crippen molar-refractivity contribution < 1.29 is 14.3 Å². The van der Waals surface area contributed by atoms with E-state index in [1.807, 2.05) is 45.0 Å². The second-order valence-corrected chi connectivity index (χ2v) is 7.57. The summed E-state index contributed by atoms with van der Waals surface area (Å²) in [4.78, 5) is 11.6. The number of rotatable bonds is 5. The lowest BCUT2D eigenvalue weighted by Gasteiger charge is -2.19. The van der Waals surface area contributed by atoms with Gasteiger partial charge in [0.25, 0.3) is 0 Å². The van der Waals surface area contributed by atoms with Crippen LogP contribution in [-0.4, -0.2) is 18.2 Å². The first-order chi connectivity index (χ1) is 10.8. The highest BCUT2D eigenvalue weighted by molar-refractivity contribution is 14.1. The van der Waals surface area contributed by atoms with Crippen LogP contribution in [0.25, 0.3) is 0 Å².